The van der Waals surface area contributed by atoms with Crippen LogP contribution in [0.25, 0.3) is 0 Å². The van der Waals surface area contributed by atoms with Gasteiger partial charge in [-0.05, 0) is 66.0 Å². The van der Waals surface area contributed by atoms with E-state index in [1.165, 1.54) is 6.07 Å². The number of rotatable bonds is 3. The Morgan fingerprint density at radius 3 is 2.40 bits per heavy atom. The molecule has 0 spiro atoms. The van der Waals surface area contributed by atoms with Crippen LogP contribution in [0.2, 0.25) is 0 Å². The van der Waals surface area contributed by atoms with Gasteiger partial charge in [-0.15, -0.1) is 0 Å². The van der Waals surface area contributed by atoms with Crippen molar-refractivity contribution in [1.82, 2.24) is 4.90 Å². The Labute approximate surface area is 124 Å². The summed E-state index contributed by atoms with van der Waals surface area (Å²) < 4.78 is 51.1. The molecule has 20 heavy (non-hydrogen) atoms. The van der Waals surface area contributed by atoms with Gasteiger partial charge in [0.1, 0.15) is 5.82 Å². The van der Waals surface area contributed by atoms with Crippen LogP contribution in [0, 0.1) is 11.7 Å². The highest BCUT2D eigenvalue weighted by atomic mass is 79.9. The van der Waals surface area contributed by atoms with Crippen LogP contribution >= 0.6 is 15.9 Å². The predicted octanol–water partition coefficient (Wildman–Crippen LogP) is 4.41. The molecule has 2 rings (SSSR count). The van der Waals surface area contributed by atoms with Gasteiger partial charge in [-0.2, -0.15) is 13.2 Å². The zero-order chi connectivity index (χ0) is 14.8. The lowest BCUT2D eigenvalue weighted by molar-refractivity contribution is -0.185. The highest BCUT2D eigenvalue weighted by Crippen LogP contribution is 2.34. The Morgan fingerprint density at radius 2 is 1.85 bits per heavy atom. The first-order valence-corrected chi connectivity index (χ1v) is 7.38. The summed E-state index contributed by atoms with van der Waals surface area (Å²) in [7, 11) is 0. The van der Waals surface area contributed by atoms with Crippen LogP contribution < -0.4 is 0 Å². The highest BCUT2D eigenvalue weighted by Gasteiger charge is 2.40. The molecule has 1 nitrogen and oxygen atoms in total. The second kappa shape index (κ2) is 6.43. The minimum absolute atomic E-state index is 0.177. The molecule has 6 heteroatoms. The largest absolute Gasteiger partial charge is 0.391 e. The summed E-state index contributed by atoms with van der Waals surface area (Å²) in [5.74, 6) is -1.46. The van der Waals surface area contributed by atoms with Crippen molar-refractivity contribution >= 4 is 15.9 Å². The summed E-state index contributed by atoms with van der Waals surface area (Å²) >= 11 is 3.13. The lowest BCUT2D eigenvalue weighted by Gasteiger charge is -2.32. The molecular formula is C14H16BrF4N. The molecule has 1 saturated heterocycles. The minimum atomic E-state index is -4.06. The van der Waals surface area contributed by atoms with Crippen molar-refractivity contribution in [3.63, 3.8) is 0 Å². The van der Waals surface area contributed by atoms with Crippen molar-refractivity contribution in [3.05, 3.63) is 34.1 Å². The number of alkyl halides is 3. The number of nitrogens with zero attached hydrogens (tertiary/aromatic N) is 1. The van der Waals surface area contributed by atoms with E-state index in [0.29, 0.717) is 24.1 Å². The summed E-state index contributed by atoms with van der Waals surface area (Å²) in [5, 5.41) is 0. The summed E-state index contributed by atoms with van der Waals surface area (Å²) in [5.41, 5.74) is 0.983. The van der Waals surface area contributed by atoms with Gasteiger partial charge < -0.3 is 4.90 Å². The number of hydrogen-bond donors (Lipinski definition) is 0. The molecule has 0 N–H and O–H groups in total. The first-order chi connectivity index (χ1) is 9.36. The minimum Gasteiger partial charge on any atom is -0.303 e. The van der Waals surface area contributed by atoms with Gasteiger partial charge in [0, 0.05) is 6.54 Å². The standard InChI is InChI=1S/C14H16BrF4N/c15-12-9-10(1-2-13(12)16)3-6-20-7-4-11(5-8-20)14(17,18)19/h1-2,9,11H,3-8H2. The SMILES string of the molecule is Fc1ccc(CCN2CCC(C(F)(F)F)CC2)cc1Br. The van der Waals surface area contributed by atoms with Crippen LogP contribution in [0.3, 0.4) is 0 Å². The molecule has 1 heterocycles. The van der Waals surface area contributed by atoms with E-state index in [2.05, 4.69) is 15.9 Å². The Bertz CT molecular complexity index is 453. The summed E-state index contributed by atoms with van der Waals surface area (Å²) in [4.78, 5) is 2.04. The molecule has 0 unspecified atom stereocenters. The zero-order valence-corrected chi connectivity index (χ0v) is 12.5. The van der Waals surface area contributed by atoms with Gasteiger partial charge in [-0.25, -0.2) is 4.39 Å². The average molecular weight is 354 g/mol. The molecule has 0 radical (unpaired) electrons. The monoisotopic (exact) mass is 353 g/mol. The van der Waals surface area contributed by atoms with E-state index >= 15 is 0 Å². The van der Waals surface area contributed by atoms with Crippen LogP contribution in [0.1, 0.15) is 18.4 Å². The van der Waals surface area contributed by atoms with Crippen LogP contribution in [0.15, 0.2) is 22.7 Å². The molecule has 1 aromatic rings. The number of piperidine rings is 1. The molecule has 1 fully saturated rings. The lowest BCUT2D eigenvalue weighted by atomic mass is 9.96. The number of likely N-dealkylation sites (tertiary alicyclic amines) is 1. The fourth-order valence-corrected chi connectivity index (χ4v) is 2.89. The van der Waals surface area contributed by atoms with Crippen molar-refractivity contribution in [1.29, 1.82) is 0 Å². The Balaban J connectivity index is 1.80. The second-order valence-electron chi connectivity index (χ2n) is 5.16. The van der Waals surface area contributed by atoms with E-state index in [9.17, 15) is 17.6 Å². The van der Waals surface area contributed by atoms with Crippen LogP contribution in [-0.4, -0.2) is 30.7 Å². The third-order valence-electron chi connectivity index (χ3n) is 3.75. The molecule has 0 amide bonds. The molecule has 0 atom stereocenters. The smallest absolute Gasteiger partial charge is 0.303 e. The molecule has 1 aromatic carbocycles. The van der Waals surface area contributed by atoms with E-state index in [1.807, 2.05) is 4.90 Å². The van der Waals surface area contributed by atoms with Crippen LogP contribution in [0.5, 0.6) is 0 Å². The van der Waals surface area contributed by atoms with Crippen LogP contribution in [-0.2, 0) is 6.42 Å². The molecular weight excluding hydrogens is 338 g/mol. The molecule has 1 aliphatic rings. The predicted molar refractivity (Wildman–Crippen MR) is 73.0 cm³/mol. The Kier molecular flexibility index (Phi) is 5.07. The maximum atomic E-state index is 13.1. The summed E-state index contributed by atoms with van der Waals surface area (Å²) in [6.07, 6.45) is -2.99. The fraction of sp³-hybridized carbons (Fsp3) is 0.571. The molecule has 0 aromatic heterocycles. The van der Waals surface area contributed by atoms with Crippen molar-refractivity contribution in [2.75, 3.05) is 19.6 Å². The molecule has 0 aliphatic carbocycles. The first kappa shape index (κ1) is 15.8. The number of benzene rings is 1. The fourth-order valence-electron chi connectivity index (χ4n) is 2.47. The van der Waals surface area contributed by atoms with Crippen molar-refractivity contribution < 1.29 is 17.6 Å². The topological polar surface area (TPSA) is 3.24 Å². The van der Waals surface area contributed by atoms with E-state index in [-0.39, 0.29) is 18.7 Å². The summed E-state index contributed by atoms with van der Waals surface area (Å²) in [6.45, 7) is 1.67. The third kappa shape index (κ3) is 4.19. The number of halogens is 5. The van der Waals surface area contributed by atoms with E-state index in [4.69, 9.17) is 0 Å². The third-order valence-corrected chi connectivity index (χ3v) is 4.36. The maximum absolute atomic E-state index is 13.1. The molecule has 1 aliphatic heterocycles. The Morgan fingerprint density at radius 1 is 1.20 bits per heavy atom. The van der Waals surface area contributed by atoms with E-state index < -0.39 is 12.1 Å². The van der Waals surface area contributed by atoms with E-state index in [1.54, 1.807) is 12.1 Å². The Hall–Kier alpha value is -0.620. The maximum Gasteiger partial charge on any atom is 0.391 e. The normalized spacial score (nSPS) is 18.4. The van der Waals surface area contributed by atoms with Gasteiger partial charge >= 0.3 is 6.18 Å². The van der Waals surface area contributed by atoms with Crippen molar-refractivity contribution in [2.45, 2.75) is 25.4 Å². The van der Waals surface area contributed by atoms with Crippen molar-refractivity contribution in [2.24, 2.45) is 5.92 Å². The van der Waals surface area contributed by atoms with Gasteiger partial charge in [0.2, 0.25) is 0 Å². The van der Waals surface area contributed by atoms with Gasteiger partial charge in [0.25, 0.3) is 0 Å². The van der Waals surface area contributed by atoms with Gasteiger partial charge in [-0.1, -0.05) is 6.07 Å². The van der Waals surface area contributed by atoms with Gasteiger partial charge in [-0.3, -0.25) is 0 Å². The van der Waals surface area contributed by atoms with Gasteiger partial charge in [0.15, 0.2) is 0 Å². The second-order valence-corrected chi connectivity index (χ2v) is 6.01. The highest BCUT2D eigenvalue weighted by molar-refractivity contribution is 9.10. The van der Waals surface area contributed by atoms with Crippen LogP contribution in [0.4, 0.5) is 17.6 Å². The zero-order valence-electron chi connectivity index (χ0n) is 10.9. The molecule has 0 saturated carbocycles. The molecule has 0 bridgehead atoms. The van der Waals surface area contributed by atoms with Gasteiger partial charge in [0.05, 0.1) is 10.4 Å². The first-order valence-electron chi connectivity index (χ1n) is 6.59. The lowest BCUT2D eigenvalue weighted by Crippen LogP contribution is -2.39. The number of hydrogen-bond acceptors (Lipinski definition) is 1. The quantitative estimate of drug-likeness (QED) is 0.727. The van der Waals surface area contributed by atoms with E-state index in [0.717, 1.165) is 12.0 Å². The van der Waals surface area contributed by atoms with Crippen molar-refractivity contribution in [3.8, 4) is 0 Å². The summed E-state index contributed by atoms with van der Waals surface area (Å²) in [6, 6.07) is 4.83. The molecule has 112 valence electrons. The average Bonchev–Trinajstić information content (AvgIpc) is 2.40.